The molecule has 3 aromatic rings. The molecule has 0 unspecified atom stereocenters. The SMILES string of the molecule is CCOC(=O)CCN(C)C(=O)/C=C/c1c(-c2ccc(C)cc2)nc2cc(C)ccn12. The van der Waals surface area contributed by atoms with Gasteiger partial charge in [-0.25, -0.2) is 4.98 Å². The first kappa shape index (κ1) is 21.3. The zero-order valence-corrected chi connectivity index (χ0v) is 17.9. The topological polar surface area (TPSA) is 63.9 Å². The fourth-order valence-electron chi connectivity index (χ4n) is 3.13. The second-order valence-corrected chi connectivity index (χ2v) is 7.29. The number of carbonyl (C=O) groups is 2. The number of imidazole rings is 1. The van der Waals surface area contributed by atoms with Gasteiger partial charge in [0, 0.05) is 31.4 Å². The van der Waals surface area contributed by atoms with Crippen LogP contribution in [0.2, 0.25) is 0 Å². The Labute approximate surface area is 176 Å². The maximum Gasteiger partial charge on any atom is 0.307 e. The van der Waals surface area contributed by atoms with Crippen LogP contribution in [0.1, 0.15) is 30.2 Å². The number of pyridine rings is 1. The summed E-state index contributed by atoms with van der Waals surface area (Å²) in [5, 5.41) is 0. The van der Waals surface area contributed by atoms with Crippen molar-refractivity contribution in [3.05, 3.63) is 65.5 Å². The molecule has 0 saturated carbocycles. The smallest absolute Gasteiger partial charge is 0.307 e. The Kier molecular flexibility index (Phi) is 6.67. The Balaban J connectivity index is 1.88. The minimum Gasteiger partial charge on any atom is -0.466 e. The molecule has 0 radical (unpaired) electrons. The Morgan fingerprint density at radius 2 is 1.87 bits per heavy atom. The van der Waals surface area contributed by atoms with Crippen LogP contribution in [0.15, 0.2) is 48.7 Å². The van der Waals surface area contributed by atoms with Crippen LogP contribution in [0, 0.1) is 13.8 Å². The number of hydrogen-bond donors (Lipinski definition) is 0. The Bertz CT molecular complexity index is 1080. The predicted molar refractivity (Wildman–Crippen MR) is 118 cm³/mol. The van der Waals surface area contributed by atoms with Crippen LogP contribution >= 0.6 is 0 Å². The standard InChI is InChI=1S/C24H27N3O3/c1-5-30-23(29)13-14-26(4)22(28)11-10-20-24(19-8-6-17(2)7-9-19)25-21-16-18(3)12-15-27(20)21/h6-12,15-16H,5,13-14H2,1-4H3/b11-10+. The molecule has 3 rings (SSSR count). The third-order valence-electron chi connectivity index (χ3n) is 4.86. The molecule has 2 aromatic heterocycles. The van der Waals surface area contributed by atoms with E-state index in [1.54, 1.807) is 20.0 Å². The van der Waals surface area contributed by atoms with Crippen molar-refractivity contribution in [3.8, 4) is 11.3 Å². The van der Waals surface area contributed by atoms with E-state index in [0.717, 1.165) is 28.2 Å². The van der Waals surface area contributed by atoms with E-state index in [-0.39, 0.29) is 18.3 Å². The zero-order valence-electron chi connectivity index (χ0n) is 17.9. The number of aryl methyl sites for hydroxylation is 2. The van der Waals surface area contributed by atoms with E-state index in [1.807, 2.05) is 60.8 Å². The number of rotatable bonds is 7. The fraction of sp³-hybridized carbons (Fsp3) is 0.292. The lowest BCUT2D eigenvalue weighted by Crippen LogP contribution is -2.27. The summed E-state index contributed by atoms with van der Waals surface area (Å²) in [4.78, 5) is 30.4. The number of aromatic nitrogens is 2. The van der Waals surface area contributed by atoms with Gasteiger partial charge < -0.3 is 9.64 Å². The second-order valence-electron chi connectivity index (χ2n) is 7.29. The summed E-state index contributed by atoms with van der Waals surface area (Å²) in [6, 6.07) is 12.2. The maximum atomic E-state index is 12.5. The predicted octanol–water partition coefficient (Wildman–Crippen LogP) is 4.04. The maximum absolute atomic E-state index is 12.5. The number of carbonyl (C=O) groups excluding carboxylic acids is 2. The molecule has 0 bridgehead atoms. The lowest BCUT2D eigenvalue weighted by Gasteiger charge is -2.14. The molecule has 0 aliphatic rings. The number of nitrogens with zero attached hydrogens (tertiary/aromatic N) is 3. The third kappa shape index (κ3) is 4.95. The van der Waals surface area contributed by atoms with Gasteiger partial charge in [-0.2, -0.15) is 0 Å². The molecular weight excluding hydrogens is 378 g/mol. The van der Waals surface area contributed by atoms with E-state index in [9.17, 15) is 9.59 Å². The van der Waals surface area contributed by atoms with Crippen molar-refractivity contribution in [1.82, 2.24) is 14.3 Å². The van der Waals surface area contributed by atoms with Crippen LogP contribution in [0.25, 0.3) is 23.0 Å². The molecule has 0 spiro atoms. The average molecular weight is 405 g/mol. The van der Waals surface area contributed by atoms with Gasteiger partial charge in [0.25, 0.3) is 0 Å². The normalized spacial score (nSPS) is 11.2. The van der Waals surface area contributed by atoms with Crippen LogP contribution in [0.5, 0.6) is 0 Å². The van der Waals surface area contributed by atoms with Crippen molar-refractivity contribution in [3.63, 3.8) is 0 Å². The van der Waals surface area contributed by atoms with Gasteiger partial charge in [-0.1, -0.05) is 29.8 Å². The first-order valence-corrected chi connectivity index (χ1v) is 10.0. The molecule has 6 heteroatoms. The van der Waals surface area contributed by atoms with E-state index >= 15 is 0 Å². The summed E-state index contributed by atoms with van der Waals surface area (Å²) in [6.45, 7) is 6.48. The van der Waals surface area contributed by atoms with E-state index in [4.69, 9.17) is 9.72 Å². The molecule has 0 atom stereocenters. The summed E-state index contributed by atoms with van der Waals surface area (Å²) in [7, 11) is 1.67. The van der Waals surface area contributed by atoms with Crippen LogP contribution in [0.4, 0.5) is 0 Å². The van der Waals surface area contributed by atoms with Gasteiger partial charge in [0.05, 0.1) is 24.4 Å². The van der Waals surface area contributed by atoms with Crippen molar-refractivity contribution >= 4 is 23.6 Å². The summed E-state index contributed by atoms with van der Waals surface area (Å²) >= 11 is 0. The third-order valence-corrected chi connectivity index (χ3v) is 4.86. The Morgan fingerprint density at radius 3 is 2.57 bits per heavy atom. The largest absolute Gasteiger partial charge is 0.466 e. The monoisotopic (exact) mass is 405 g/mol. The fourth-order valence-corrected chi connectivity index (χ4v) is 3.13. The van der Waals surface area contributed by atoms with Gasteiger partial charge in [0.15, 0.2) is 0 Å². The first-order chi connectivity index (χ1) is 14.4. The first-order valence-electron chi connectivity index (χ1n) is 10.0. The van der Waals surface area contributed by atoms with Gasteiger partial charge >= 0.3 is 5.97 Å². The van der Waals surface area contributed by atoms with Gasteiger partial charge in [0.2, 0.25) is 5.91 Å². The molecule has 1 aromatic carbocycles. The average Bonchev–Trinajstić information content (AvgIpc) is 3.08. The summed E-state index contributed by atoms with van der Waals surface area (Å²) < 4.78 is 6.89. The van der Waals surface area contributed by atoms with Crippen LogP contribution in [-0.4, -0.2) is 46.4 Å². The minimum absolute atomic E-state index is 0.174. The lowest BCUT2D eigenvalue weighted by atomic mass is 10.1. The molecule has 2 heterocycles. The van der Waals surface area contributed by atoms with Crippen molar-refractivity contribution in [1.29, 1.82) is 0 Å². The van der Waals surface area contributed by atoms with Crippen LogP contribution < -0.4 is 0 Å². The number of hydrogen-bond acceptors (Lipinski definition) is 4. The van der Waals surface area contributed by atoms with Crippen LogP contribution in [0.3, 0.4) is 0 Å². The van der Waals surface area contributed by atoms with E-state index in [0.29, 0.717) is 13.2 Å². The molecule has 0 saturated heterocycles. The van der Waals surface area contributed by atoms with Gasteiger partial charge in [-0.05, 0) is 44.5 Å². The Hall–Kier alpha value is -3.41. The molecular formula is C24H27N3O3. The Morgan fingerprint density at radius 1 is 1.13 bits per heavy atom. The van der Waals surface area contributed by atoms with Crippen LogP contribution in [-0.2, 0) is 14.3 Å². The van der Waals surface area contributed by atoms with Gasteiger partial charge in [-0.3, -0.25) is 14.0 Å². The summed E-state index contributed by atoms with van der Waals surface area (Å²) in [6.07, 6.45) is 5.44. The summed E-state index contributed by atoms with van der Waals surface area (Å²) in [5.74, 6) is -0.490. The van der Waals surface area contributed by atoms with Gasteiger partial charge in [0.1, 0.15) is 5.65 Å². The molecule has 0 N–H and O–H groups in total. The van der Waals surface area contributed by atoms with Crippen molar-refractivity contribution < 1.29 is 14.3 Å². The van der Waals surface area contributed by atoms with E-state index in [2.05, 4.69) is 0 Å². The van der Waals surface area contributed by atoms with Gasteiger partial charge in [-0.15, -0.1) is 0 Å². The van der Waals surface area contributed by atoms with Crippen molar-refractivity contribution in [2.75, 3.05) is 20.2 Å². The molecule has 6 nitrogen and oxygen atoms in total. The molecule has 30 heavy (non-hydrogen) atoms. The zero-order chi connectivity index (χ0) is 21.7. The number of esters is 1. The molecule has 0 aliphatic heterocycles. The van der Waals surface area contributed by atoms with Crippen molar-refractivity contribution in [2.45, 2.75) is 27.2 Å². The lowest BCUT2D eigenvalue weighted by molar-refractivity contribution is -0.143. The van der Waals surface area contributed by atoms with Crippen molar-refractivity contribution in [2.24, 2.45) is 0 Å². The van der Waals surface area contributed by atoms with E-state index < -0.39 is 0 Å². The number of benzene rings is 1. The van der Waals surface area contributed by atoms with E-state index in [1.165, 1.54) is 16.5 Å². The highest BCUT2D eigenvalue weighted by molar-refractivity contribution is 5.93. The molecule has 1 amide bonds. The summed E-state index contributed by atoms with van der Waals surface area (Å²) in [5.41, 5.74) is 5.76. The molecule has 156 valence electrons. The highest BCUT2D eigenvalue weighted by atomic mass is 16.5. The molecule has 0 aliphatic carbocycles. The highest BCUT2D eigenvalue weighted by Crippen LogP contribution is 2.26. The molecule has 0 fully saturated rings. The number of fused-ring (bicyclic) bond motifs is 1. The quantitative estimate of drug-likeness (QED) is 0.440. The minimum atomic E-state index is -0.306. The second kappa shape index (κ2) is 9.39. The number of amides is 1. The highest BCUT2D eigenvalue weighted by Gasteiger charge is 2.14. The number of likely N-dealkylation sites (N-methyl/N-ethyl adjacent to an activating group) is 1. The number of ether oxygens (including phenoxy) is 1.